The minimum absolute atomic E-state index is 0.311. The molecule has 0 aliphatic rings. The summed E-state index contributed by atoms with van der Waals surface area (Å²) in [5, 5.41) is 9.04. The molecule has 1 amide bonds. The van der Waals surface area contributed by atoms with Crippen molar-refractivity contribution in [2.75, 3.05) is 11.4 Å². The van der Waals surface area contributed by atoms with E-state index >= 15 is 0 Å². The molecule has 0 aliphatic carbocycles. The summed E-state index contributed by atoms with van der Waals surface area (Å²) in [5.41, 5.74) is 0.967. The highest BCUT2D eigenvalue weighted by atomic mass is 32.2. The van der Waals surface area contributed by atoms with Gasteiger partial charge in [0, 0.05) is 11.3 Å². The number of aliphatic carboxylic acids is 1. The lowest BCUT2D eigenvalue weighted by atomic mass is 10.1. The van der Waals surface area contributed by atoms with Crippen molar-refractivity contribution in [2.45, 2.75) is 5.75 Å². The summed E-state index contributed by atoms with van der Waals surface area (Å²) < 4.78 is 30.6. The van der Waals surface area contributed by atoms with Crippen molar-refractivity contribution < 1.29 is 27.7 Å². The first-order valence-electron chi connectivity index (χ1n) is 6.89. The average molecular weight is 349 g/mol. The molecule has 2 aromatic rings. The first-order valence-corrected chi connectivity index (χ1v) is 8.50. The van der Waals surface area contributed by atoms with E-state index in [1.54, 1.807) is 30.3 Å². The van der Waals surface area contributed by atoms with Gasteiger partial charge in [0.2, 0.25) is 0 Å². The molecule has 0 saturated heterocycles. The zero-order valence-electron chi connectivity index (χ0n) is 12.5. The normalized spacial score (nSPS) is 11.0. The molecule has 7 nitrogen and oxygen atoms in total. The monoisotopic (exact) mass is 349 g/mol. The van der Waals surface area contributed by atoms with Gasteiger partial charge in [0.15, 0.2) is 0 Å². The molecule has 126 valence electrons. The van der Waals surface area contributed by atoms with Crippen LogP contribution < -0.4 is 4.90 Å². The van der Waals surface area contributed by atoms with Crippen LogP contribution in [0.15, 0.2) is 54.6 Å². The van der Waals surface area contributed by atoms with Crippen LogP contribution in [0.25, 0.3) is 0 Å². The summed E-state index contributed by atoms with van der Waals surface area (Å²) in [6, 6.07) is 13.9. The Morgan fingerprint density at radius 3 is 2.04 bits per heavy atom. The predicted molar refractivity (Wildman–Crippen MR) is 87.4 cm³/mol. The van der Waals surface area contributed by atoms with E-state index in [0.29, 0.717) is 16.8 Å². The van der Waals surface area contributed by atoms with Crippen LogP contribution in [0.3, 0.4) is 0 Å². The van der Waals surface area contributed by atoms with Crippen LogP contribution >= 0.6 is 0 Å². The maximum Gasteiger partial charge on any atom is 0.323 e. The van der Waals surface area contributed by atoms with E-state index in [1.165, 1.54) is 24.3 Å². The molecule has 0 heterocycles. The Morgan fingerprint density at radius 1 is 0.958 bits per heavy atom. The Balaban J connectivity index is 2.31. The van der Waals surface area contributed by atoms with Gasteiger partial charge in [-0.15, -0.1) is 0 Å². The van der Waals surface area contributed by atoms with E-state index in [2.05, 4.69) is 0 Å². The number of anilines is 1. The minimum Gasteiger partial charge on any atom is -0.480 e. The quantitative estimate of drug-likeness (QED) is 0.769. The Bertz CT molecular complexity index is 831. The number of carboxylic acids is 1. The minimum atomic E-state index is -4.16. The fourth-order valence-corrected chi connectivity index (χ4v) is 2.75. The molecule has 0 fully saturated rings. The zero-order valence-corrected chi connectivity index (χ0v) is 13.3. The number of hydrogen-bond acceptors (Lipinski definition) is 4. The summed E-state index contributed by atoms with van der Waals surface area (Å²) in [6.07, 6.45) is 0. The Labute approximate surface area is 138 Å². The van der Waals surface area contributed by atoms with Crippen molar-refractivity contribution in [1.29, 1.82) is 0 Å². The van der Waals surface area contributed by atoms with Crippen molar-refractivity contribution in [3.63, 3.8) is 0 Å². The molecule has 0 bridgehead atoms. The van der Waals surface area contributed by atoms with Crippen LogP contribution in [-0.2, 0) is 20.7 Å². The largest absolute Gasteiger partial charge is 0.480 e. The average Bonchev–Trinajstić information content (AvgIpc) is 2.52. The molecule has 8 heteroatoms. The lowest BCUT2D eigenvalue weighted by Gasteiger charge is -2.21. The van der Waals surface area contributed by atoms with E-state index in [0.717, 1.165) is 4.90 Å². The molecule has 2 aromatic carbocycles. The van der Waals surface area contributed by atoms with Crippen molar-refractivity contribution in [1.82, 2.24) is 0 Å². The molecule has 0 unspecified atom stereocenters. The molecule has 0 aliphatic heterocycles. The summed E-state index contributed by atoms with van der Waals surface area (Å²) >= 11 is 0. The van der Waals surface area contributed by atoms with E-state index in [1.807, 2.05) is 0 Å². The van der Waals surface area contributed by atoms with Crippen molar-refractivity contribution in [3.05, 3.63) is 65.7 Å². The smallest absolute Gasteiger partial charge is 0.323 e. The third-order valence-corrected chi connectivity index (χ3v) is 3.85. The molecular formula is C16H15NO6S. The second-order valence-electron chi connectivity index (χ2n) is 5.04. The van der Waals surface area contributed by atoms with Gasteiger partial charge in [0.05, 0.1) is 0 Å². The van der Waals surface area contributed by atoms with Gasteiger partial charge >= 0.3 is 5.97 Å². The highest BCUT2D eigenvalue weighted by molar-refractivity contribution is 7.85. The molecular weight excluding hydrogens is 334 g/mol. The summed E-state index contributed by atoms with van der Waals surface area (Å²) in [6.45, 7) is -0.536. The van der Waals surface area contributed by atoms with Crippen molar-refractivity contribution >= 4 is 27.7 Å². The Hall–Kier alpha value is -2.71. The zero-order chi connectivity index (χ0) is 17.7. The molecule has 0 atom stereocenters. The van der Waals surface area contributed by atoms with Crippen molar-refractivity contribution in [3.8, 4) is 0 Å². The lowest BCUT2D eigenvalue weighted by Crippen LogP contribution is -2.35. The highest BCUT2D eigenvalue weighted by Gasteiger charge is 2.20. The summed E-state index contributed by atoms with van der Waals surface area (Å²) in [4.78, 5) is 24.7. The summed E-state index contributed by atoms with van der Waals surface area (Å²) in [5.74, 6) is -2.22. The van der Waals surface area contributed by atoms with Gasteiger partial charge < -0.3 is 5.11 Å². The van der Waals surface area contributed by atoms with E-state index in [9.17, 15) is 18.0 Å². The fraction of sp³-hybridized carbons (Fsp3) is 0.125. The number of carbonyl (C=O) groups excluding carboxylic acids is 1. The number of amides is 1. The number of nitrogens with zero attached hydrogens (tertiary/aromatic N) is 1. The van der Waals surface area contributed by atoms with Crippen molar-refractivity contribution in [2.24, 2.45) is 0 Å². The number of benzene rings is 2. The van der Waals surface area contributed by atoms with E-state index < -0.39 is 34.3 Å². The van der Waals surface area contributed by atoms with Crippen LogP contribution in [0, 0.1) is 0 Å². The molecule has 2 N–H and O–H groups in total. The van der Waals surface area contributed by atoms with Gasteiger partial charge in [-0.2, -0.15) is 8.42 Å². The van der Waals surface area contributed by atoms with Gasteiger partial charge in [0.1, 0.15) is 12.3 Å². The number of rotatable bonds is 6. The van der Waals surface area contributed by atoms with Gasteiger partial charge in [-0.3, -0.25) is 19.0 Å². The number of carboxylic acid groups (broad SMARTS) is 1. The maximum atomic E-state index is 12.5. The van der Waals surface area contributed by atoms with Gasteiger partial charge in [-0.05, 0) is 29.8 Å². The van der Waals surface area contributed by atoms with E-state index in [-0.39, 0.29) is 0 Å². The molecule has 0 spiro atoms. The Kier molecular flexibility index (Phi) is 5.32. The number of hydrogen-bond donors (Lipinski definition) is 2. The third-order valence-electron chi connectivity index (χ3n) is 3.16. The topological polar surface area (TPSA) is 112 Å². The summed E-state index contributed by atoms with van der Waals surface area (Å²) in [7, 11) is -4.16. The standard InChI is InChI=1S/C16H15NO6S/c18-15(19)10-17(16(20)13-4-2-1-3-5-13)14-8-6-12(7-9-14)11-24(21,22)23/h1-9H,10-11H2,(H,18,19)(H,21,22,23). The lowest BCUT2D eigenvalue weighted by molar-refractivity contribution is -0.135. The first-order chi connectivity index (χ1) is 11.3. The molecule has 2 rings (SSSR count). The van der Waals surface area contributed by atoms with Gasteiger partial charge in [0.25, 0.3) is 16.0 Å². The van der Waals surface area contributed by atoms with Crippen LogP contribution in [0.1, 0.15) is 15.9 Å². The van der Waals surface area contributed by atoms with Crippen LogP contribution in [0.2, 0.25) is 0 Å². The number of carbonyl (C=O) groups is 2. The van der Waals surface area contributed by atoms with Gasteiger partial charge in [-0.1, -0.05) is 30.3 Å². The SMILES string of the molecule is O=C(O)CN(C(=O)c1ccccc1)c1ccc(CS(=O)(=O)O)cc1. The Morgan fingerprint density at radius 2 is 1.54 bits per heavy atom. The molecule has 24 heavy (non-hydrogen) atoms. The molecule has 0 radical (unpaired) electrons. The highest BCUT2D eigenvalue weighted by Crippen LogP contribution is 2.19. The maximum absolute atomic E-state index is 12.5. The van der Waals surface area contributed by atoms with Crippen LogP contribution in [0.4, 0.5) is 5.69 Å². The predicted octanol–water partition coefficient (Wildman–Crippen LogP) is 1.81. The first kappa shape index (κ1) is 17.6. The third kappa shape index (κ3) is 4.90. The second-order valence-corrected chi connectivity index (χ2v) is 6.50. The van der Waals surface area contributed by atoms with Crippen LogP contribution in [0.5, 0.6) is 0 Å². The fourth-order valence-electron chi connectivity index (χ4n) is 2.13. The van der Waals surface area contributed by atoms with E-state index in [4.69, 9.17) is 9.66 Å². The molecule has 0 aromatic heterocycles. The van der Waals surface area contributed by atoms with Gasteiger partial charge in [-0.25, -0.2) is 0 Å². The second kappa shape index (κ2) is 7.24. The van der Waals surface area contributed by atoms with Crippen LogP contribution in [-0.4, -0.2) is 36.5 Å². The molecule has 0 saturated carbocycles.